The number of rotatable bonds is 5. The molecule has 1 aromatic carbocycles. The van der Waals surface area contributed by atoms with Crippen LogP contribution in [0.5, 0.6) is 5.75 Å². The molecule has 10 heteroatoms. The molecule has 6 rings (SSSR count). The summed E-state index contributed by atoms with van der Waals surface area (Å²) < 4.78 is 27.0. The summed E-state index contributed by atoms with van der Waals surface area (Å²) in [5.74, 6) is 1.30. The third kappa shape index (κ3) is 3.83. The van der Waals surface area contributed by atoms with Crippen LogP contribution in [0.4, 0.5) is 11.6 Å². The molecule has 0 saturated carbocycles. The molecule has 0 amide bonds. The lowest BCUT2D eigenvalue weighted by atomic mass is 10.1. The van der Waals surface area contributed by atoms with Gasteiger partial charge in [0.1, 0.15) is 54.3 Å². The summed E-state index contributed by atoms with van der Waals surface area (Å²) in [6.07, 6.45) is 1.93. The molecular formula is C25H28N6O4. The van der Waals surface area contributed by atoms with Crippen LogP contribution in [-0.2, 0) is 14.2 Å². The van der Waals surface area contributed by atoms with E-state index in [-0.39, 0.29) is 18.3 Å². The van der Waals surface area contributed by atoms with Gasteiger partial charge < -0.3 is 34.1 Å². The Kier molecular flexibility index (Phi) is 5.06. The van der Waals surface area contributed by atoms with Crippen LogP contribution >= 0.6 is 0 Å². The SMILES string of the molecule is CN(C)c1ccc2ccc(OC[C@H]3O[C@@H](n4ccc5c(N)ncnc54)[C@@H]4OC(C)(C)O[C@@H]43)cc2n1. The first-order valence-corrected chi connectivity index (χ1v) is 11.6. The van der Waals surface area contributed by atoms with E-state index < -0.39 is 12.0 Å². The van der Waals surface area contributed by atoms with E-state index in [1.807, 2.05) is 73.9 Å². The summed E-state index contributed by atoms with van der Waals surface area (Å²) in [5, 5.41) is 1.82. The number of ether oxygens (including phenoxy) is 4. The van der Waals surface area contributed by atoms with Crippen LogP contribution in [0.25, 0.3) is 21.9 Å². The minimum absolute atomic E-state index is 0.298. The van der Waals surface area contributed by atoms with Gasteiger partial charge in [-0.25, -0.2) is 15.0 Å². The van der Waals surface area contributed by atoms with E-state index in [0.717, 1.165) is 27.9 Å². The van der Waals surface area contributed by atoms with Crippen molar-refractivity contribution in [1.82, 2.24) is 19.5 Å². The van der Waals surface area contributed by atoms with Gasteiger partial charge in [-0.2, -0.15) is 0 Å². The van der Waals surface area contributed by atoms with E-state index >= 15 is 0 Å². The van der Waals surface area contributed by atoms with E-state index in [9.17, 15) is 0 Å². The summed E-state index contributed by atoms with van der Waals surface area (Å²) in [7, 11) is 3.94. The molecule has 0 bridgehead atoms. The van der Waals surface area contributed by atoms with Crippen molar-refractivity contribution in [2.24, 2.45) is 0 Å². The number of benzene rings is 1. The van der Waals surface area contributed by atoms with Crippen LogP contribution < -0.4 is 15.4 Å². The topological polar surface area (TPSA) is 110 Å². The van der Waals surface area contributed by atoms with Crippen LogP contribution in [0.1, 0.15) is 20.1 Å². The predicted molar refractivity (Wildman–Crippen MR) is 131 cm³/mol. The molecule has 182 valence electrons. The number of hydrogen-bond donors (Lipinski definition) is 1. The Bertz CT molecular complexity index is 1400. The quantitative estimate of drug-likeness (QED) is 0.464. The summed E-state index contributed by atoms with van der Waals surface area (Å²) in [5.41, 5.74) is 7.59. The molecule has 0 spiro atoms. The number of anilines is 2. The van der Waals surface area contributed by atoms with Gasteiger partial charge in [0.2, 0.25) is 0 Å². The Labute approximate surface area is 202 Å². The molecule has 2 saturated heterocycles. The fraction of sp³-hybridized carbons (Fsp3) is 0.400. The molecule has 3 aromatic heterocycles. The molecule has 0 aliphatic carbocycles. The number of pyridine rings is 1. The number of fused-ring (bicyclic) bond motifs is 3. The maximum atomic E-state index is 6.44. The zero-order valence-electron chi connectivity index (χ0n) is 20.1. The molecule has 4 aromatic rings. The fourth-order valence-electron chi connectivity index (χ4n) is 4.82. The minimum Gasteiger partial charge on any atom is -0.491 e. The van der Waals surface area contributed by atoms with Gasteiger partial charge in [-0.15, -0.1) is 0 Å². The first kappa shape index (κ1) is 22.0. The average Bonchev–Trinajstić information content (AvgIpc) is 3.48. The van der Waals surface area contributed by atoms with Crippen molar-refractivity contribution in [1.29, 1.82) is 0 Å². The smallest absolute Gasteiger partial charge is 0.164 e. The monoisotopic (exact) mass is 476 g/mol. The van der Waals surface area contributed by atoms with E-state index in [1.54, 1.807) is 0 Å². The second-order valence-corrected chi connectivity index (χ2v) is 9.58. The van der Waals surface area contributed by atoms with E-state index in [2.05, 4.69) is 16.0 Å². The maximum absolute atomic E-state index is 6.44. The summed E-state index contributed by atoms with van der Waals surface area (Å²) in [6, 6.07) is 11.8. The van der Waals surface area contributed by atoms with E-state index in [4.69, 9.17) is 29.7 Å². The molecule has 0 unspecified atom stereocenters. The van der Waals surface area contributed by atoms with Crippen molar-refractivity contribution >= 4 is 33.6 Å². The minimum atomic E-state index is -0.734. The Morgan fingerprint density at radius 1 is 1.09 bits per heavy atom. The largest absolute Gasteiger partial charge is 0.491 e. The lowest BCUT2D eigenvalue weighted by Gasteiger charge is -2.25. The highest BCUT2D eigenvalue weighted by Gasteiger charge is 2.56. The maximum Gasteiger partial charge on any atom is 0.164 e. The standard InChI is InChI=1S/C25H28N6O4/c1-25(2)34-20-18(12-32-15-7-5-14-6-8-19(30(3)4)29-17(14)11-15)33-24(21(20)35-25)31-10-9-16-22(26)27-13-28-23(16)31/h5-11,13,18,20-21,24H,12H2,1-4H3,(H2,26,27,28)/t18-,20-,21-,24-/m1/s1. The molecule has 4 atom stereocenters. The van der Waals surface area contributed by atoms with Crippen molar-refractivity contribution in [3.05, 3.63) is 48.9 Å². The van der Waals surface area contributed by atoms with Crippen molar-refractivity contribution in [3.63, 3.8) is 0 Å². The molecule has 2 aliphatic rings. The van der Waals surface area contributed by atoms with Gasteiger partial charge in [0.15, 0.2) is 12.0 Å². The molecule has 10 nitrogen and oxygen atoms in total. The van der Waals surface area contributed by atoms with Crippen LogP contribution in [-0.4, -0.2) is 64.3 Å². The molecule has 2 fully saturated rings. The van der Waals surface area contributed by atoms with Crippen molar-refractivity contribution in [2.45, 2.75) is 44.2 Å². The van der Waals surface area contributed by atoms with Gasteiger partial charge in [-0.3, -0.25) is 0 Å². The van der Waals surface area contributed by atoms with Crippen molar-refractivity contribution < 1.29 is 18.9 Å². The normalized spacial score (nSPS) is 25.3. The highest BCUT2D eigenvalue weighted by atomic mass is 16.8. The Hall–Kier alpha value is -3.47. The first-order valence-electron chi connectivity index (χ1n) is 11.6. The summed E-state index contributed by atoms with van der Waals surface area (Å²) in [6.45, 7) is 4.11. The van der Waals surface area contributed by atoms with Gasteiger partial charge in [-0.1, -0.05) is 0 Å². The third-order valence-electron chi connectivity index (χ3n) is 6.46. The van der Waals surface area contributed by atoms with E-state index in [1.165, 1.54) is 6.33 Å². The zero-order chi connectivity index (χ0) is 24.3. The lowest BCUT2D eigenvalue weighted by Crippen LogP contribution is -2.33. The van der Waals surface area contributed by atoms with Crippen molar-refractivity contribution in [2.75, 3.05) is 31.3 Å². The van der Waals surface area contributed by atoms with E-state index in [0.29, 0.717) is 18.1 Å². The van der Waals surface area contributed by atoms with Gasteiger partial charge in [0, 0.05) is 31.7 Å². The van der Waals surface area contributed by atoms with Gasteiger partial charge in [-0.05, 0) is 44.2 Å². The summed E-state index contributed by atoms with van der Waals surface area (Å²) >= 11 is 0. The number of hydrogen-bond acceptors (Lipinski definition) is 9. The Morgan fingerprint density at radius 2 is 1.89 bits per heavy atom. The molecular weight excluding hydrogens is 448 g/mol. The van der Waals surface area contributed by atoms with Gasteiger partial charge in [0.05, 0.1) is 10.9 Å². The van der Waals surface area contributed by atoms with Crippen LogP contribution in [0, 0.1) is 0 Å². The van der Waals surface area contributed by atoms with Gasteiger partial charge >= 0.3 is 0 Å². The second kappa shape index (κ2) is 8.04. The molecule has 2 N–H and O–H groups in total. The molecule has 35 heavy (non-hydrogen) atoms. The fourth-order valence-corrected chi connectivity index (χ4v) is 4.82. The molecule has 2 aliphatic heterocycles. The third-order valence-corrected chi connectivity index (χ3v) is 6.46. The lowest BCUT2D eigenvalue weighted by molar-refractivity contribution is -0.198. The Balaban J connectivity index is 1.26. The first-order chi connectivity index (χ1) is 16.8. The second-order valence-electron chi connectivity index (χ2n) is 9.58. The predicted octanol–water partition coefficient (Wildman–Crippen LogP) is 3.12. The highest BCUT2D eigenvalue weighted by molar-refractivity contribution is 5.86. The Morgan fingerprint density at radius 3 is 2.71 bits per heavy atom. The number of nitrogens with zero attached hydrogens (tertiary/aromatic N) is 5. The van der Waals surface area contributed by atoms with Crippen LogP contribution in [0.3, 0.4) is 0 Å². The highest BCUT2D eigenvalue weighted by Crippen LogP contribution is 2.44. The molecule has 5 heterocycles. The zero-order valence-corrected chi connectivity index (χ0v) is 20.1. The number of nitrogens with two attached hydrogens (primary N) is 1. The summed E-state index contributed by atoms with van der Waals surface area (Å²) in [4.78, 5) is 15.2. The molecule has 0 radical (unpaired) electrons. The van der Waals surface area contributed by atoms with Crippen LogP contribution in [0.2, 0.25) is 0 Å². The van der Waals surface area contributed by atoms with Gasteiger partial charge in [0.25, 0.3) is 0 Å². The average molecular weight is 477 g/mol. The van der Waals surface area contributed by atoms with Crippen LogP contribution in [0.15, 0.2) is 48.9 Å². The number of aromatic nitrogens is 4. The van der Waals surface area contributed by atoms with Crippen molar-refractivity contribution in [3.8, 4) is 5.75 Å². The number of nitrogen functional groups attached to an aromatic ring is 1.